The number of hydrogen-bond acceptors (Lipinski definition) is 2. The lowest BCUT2D eigenvalue weighted by molar-refractivity contribution is 0.554. The van der Waals surface area contributed by atoms with Crippen LogP contribution in [0, 0.1) is 0 Å². The summed E-state index contributed by atoms with van der Waals surface area (Å²) >= 11 is 0. The molecule has 0 amide bonds. The van der Waals surface area contributed by atoms with Crippen molar-refractivity contribution < 1.29 is 0 Å². The molecule has 0 radical (unpaired) electrons. The van der Waals surface area contributed by atoms with Gasteiger partial charge in [0.25, 0.3) is 0 Å². The second-order valence-electron chi connectivity index (χ2n) is 6.69. The van der Waals surface area contributed by atoms with Gasteiger partial charge in [0.2, 0.25) is 0 Å². The van der Waals surface area contributed by atoms with Gasteiger partial charge in [-0.1, -0.05) is 45.9 Å². The first-order chi connectivity index (χ1) is 9.86. The van der Waals surface area contributed by atoms with Crippen molar-refractivity contribution in [3.8, 4) is 11.1 Å². The van der Waals surface area contributed by atoms with Crippen molar-refractivity contribution in [3.05, 3.63) is 41.7 Å². The molecule has 0 saturated heterocycles. The normalized spacial score (nSPS) is 13.4. The van der Waals surface area contributed by atoms with E-state index >= 15 is 0 Å². The van der Waals surface area contributed by atoms with E-state index in [4.69, 9.17) is 0 Å². The van der Waals surface area contributed by atoms with E-state index in [1.807, 2.05) is 18.8 Å². The summed E-state index contributed by atoms with van der Waals surface area (Å²) < 4.78 is 1.91. The summed E-state index contributed by atoms with van der Waals surface area (Å²) in [5.41, 5.74) is 5.01. The monoisotopic (exact) mass is 285 g/mol. The van der Waals surface area contributed by atoms with Gasteiger partial charge in [0, 0.05) is 30.3 Å². The van der Waals surface area contributed by atoms with E-state index in [0.29, 0.717) is 6.04 Å². The number of hydrogen-bond donors (Lipinski definition) is 1. The van der Waals surface area contributed by atoms with Gasteiger partial charge < -0.3 is 5.32 Å². The standard InChI is InChI=1S/C18H27N3/c1-7-16(19-5)14-10-8-9-13(11-14)15-12-21(6)20-17(15)18(2,3)4/h8-12,16,19H,7H2,1-6H3. The molecule has 0 saturated carbocycles. The molecule has 1 atom stereocenters. The van der Waals surface area contributed by atoms with Crippen LogP contribution < -0.4 is 5.32 Å². The van der Waals surface area contributed by atoms with Crippen molar-refractivity contribution >= 4 is 0 Å². The average molecular weight is 285 g/mol. The third-order valence-corrected chi connectivity index (χ3v) is 3.90. The van der Waals surface area contributed by atoms with E-state index in [1.54, 1.807) is 0 Å². The van der Waals surface area contributed by atoms with Gasteiger partial charge in [0.15, 0.2) is 0 Å². The van der Waals surface area contributed by atoms with E-state index in [2.05, 4.69) is 68.6 Å². The smallest absolute Gasteiger partial charge is 0.0756 e. The Hall–Kier alpha value is -1.61. The highest BCUT2D eigenvalue weighted by Crippen LogP contribution is 2.33. The van der Waals surface area contributed by atoms with E-state index in [-0.39, 0.29) is 5.41 Å². The van der Waals surface area contributed by atoms with Gasteiger partial charge in [-0.3, -0.25) is 4.68 Å². The Kier molecular flexibility index (Phi) is 4.52. The second kappa shape index (κ2) is 6.02. The Balaban J connectivity index is 2.50. The molecule has 0 aliphatic heterocycles. The molecule has 3 heteroatoms. The zero-order valence-electron chi connectivity index (χ0n) is 14.1. The largest absolute Gasteiger partial charge is 0.313 e. The highest BCUT2D eigenvalue weighted by molar-refractivity contribution is 5.67. The lowest BCUT2D eigenvalue weighted by atomic mass is 9.87. The zero-order valence-corrected chi connectivity index (χ0v) is 14.1. The van der Waals surface area contributed by atoms with Crippen LogP contribution in [-0.4, -0.2) is 16.8 Å². The fraction of sp³-hybridized carbons (Fsp3) is 0.500. The van der Waals surface area contributed by atoms with Gasteiger partial charge in [-0.2, -0.15) is 5.10 Å². The number of aromatic nitrogens is 2. The van der Waals surface area contributed by atoms with Gasteiger partial charge in [0.1, 0.15) is 0 Å². The molecule has 0 bridgehead atoms. The second-order valence-corrected chi connectivity index (χ2v) is 6.69. The minimum Gasteiger partial charge on any atom is -0.313 e. The van der Waals surface area contributed by atoms with Crippen molar-refractivity contribution in [1.29, 1.82) is 0 Å². The minimum atomic E-state index is 0.0414. The molecular weight excluding hydrogens is 258 g/mol. The number of nitrogens with zero attached hydrogens (tertiary/aromatic N) is 2. The van der Waals surface area contributed by atoms with Crippen LogP contribution in [0.4, 0.5) is 0 Å². The van der Waals surface area contributed by atoms with Crippen LogP contribution in [0.3, 0.4) is 0 Å². The summed E-state index contributed by atoms with van der Waals surface area (Å²) in [7, 11) is 4.01. The van der Waals surface area contributed by atoms with Crippen molar-refractivity contribution in [3.63, 3.8) is 0 Å². The summed E-state index contributed by atoms with van der Waals surface area (Å²) in [5, 5.41) is 8.05. The summed E-state index contributed by atoms with van der Waals surface area (Å²) in [4.78, 5) is 0. The van der Waals surface area contributed by atoms with Crippen molar-refractivity contribution in [1.82, 2.24) is 15.1 Å². The Bertz CT molecular complexity index is 601. The SMILES string of the molecule is CCC(NC)c1cccc(-c2cn(C)nc2C(C)(C)C)c1. The molecule has 21 heavy (non-hydrogen) atoms. The Morgan fingerprint density at radius 2 is 2.00 bits per heavy atom. The van der Waals surface area contributed by atoms with E-state index in [0.717, 1.165) is 12.1 Å². The molecular formula is C18H27N3. The molecule has 2 aromatic rings. The maximum Gasteiger partial charge on any atom is 0.0756 e. The van der Waals surface area contributed by atoms with E-state index in [9.17, 15) is 0 Å². The molecule has 114 valence electrons. The third-order valence-electron chi connectivity index (χ3n) is 3.90. The molecule has 0 spiro atoms. The Morgan fingerprint density at radius 3 is 2.57 bits per heavy atom. The molecule has 2 rings (SSSR count). The highest BCUT2D eigenvalue weighted by Gasteiger charge is 2.23. The molecule has 3 nitrogen and oxygen atoms in total. The molecule has 1 N–H and O–H groups in total. The van der Waals surface area contributed by atoms with Crippen LogP contribution in [0.5, 0.6) is 0 Å². The van der Waals surface area contributed by atoms with Gasteiger partial charge in [-0.25, -0.2) is 0 Å². The van der Waals surface area contributed by atoms with Crippen LogP contribution in [0.25, 0.3) is 11.1 Å². The number of benzene rings is 1. The first-order valence-corrected chi connectivity index (χ1v) is 7.68. The summed E-state index contributed by atoms with van der Waals surface area (Å²) in [5.74, 6) is 0. The predicted molar refractivity (Wildman–Crippen MR) is 89.4 cm³/mol. The molecule has 1 aromatic heterocycles. The minimum absolute atomic E-state index is 0.0414. The van der Waals surface area contributed by atoms with Crippen molar-refractivity contribution in [2.45, 2.75) is 45.6 Å². The fourth-order valence-electron chi connectivity index (χ4n) is 2.78. The maximum atomic E-state index is 4.67. The number of nitrogens with one attached hydrogen (secondary N) is 1. The quantitative estimate of drug-likeness (QED) is 0.918. The Morgan fingerprint density at radius 1 is 1.29 bits per heavy atom. The molecule has 0 aliphatic carbocycles. The lowest BCUT2D eigenvalue weighted by Crippen LogP contribution is -2.15. The summed E-state index contributed by atoms with van der Waals surface area (Å²) in [6.45, 7) is 8.85. The Labute approximate surface area is 128 Å². The van der Waals surface area contributed by atoms with Gasteiger partial charge in [0.05, 0.1) is 5.69 Å². The molecule has 1 unspecified atom stereocenters. The van der Waals surface area contributed by atoms with E-state index in [1.165, 1.54) is 16.7 Å². The molecule has 1 heterocycles. The number of aryl methyl sites for hydroxylation is 1. The van der Waals surface area contributed by atoms with Gasteiger partial charge in [-0.05, 0) is 30.7 Å². The van der Waals surface area contributed by atoms with Gasteiger partial charge in [-0.15, -0.1) is 0 Å². The highest BCUT2D eigenvalue weighted by atomic mass is 15.3. The van der Waals surface area contributed by atoms with Crippen molar-refractivity contribution in [2.75, 3.05) is 7.05 Å². The fourth-order valence-corrected chi connectivity index (χ4v) is 2.78. The van der Waals surface area contributed by atoms with E-state index < -0.39 is 0 Å². The maximum absolute atomic E-state index is 4.67. The molecule has 0 fully saturated rings. The summed E-state index contributed by atoms with van der Waals surface area (Å²) in [6, 6.07) is 9.21. The lowest BCUT2D eigenvalue weighted by Gasteiger charge is -2.19. The summed E-state index contributed by atoms with van der Waals surface area (Å²) in [6.07, 6.45) is 3.21. The van der Waals surface area contributed by atoms with Gasteiger partial charge >= 0.3 is 0 Å². The van der Waals surface area contributed by atoms with Crippen LogP contribution in [0.1, 0.15) is 51.4 Å². The average Bonchev–Trinajstić information content (AvgIpc) is 2.83. The van der Waals surface area contributed by atoms with Crippen molar-refractivity contribution in [2.24, 2.45) is 7.05 Å². The third kappa shape index (κ3) is 3.35. The first kappa shape index (κ1) is 15.8. The first-order valence-electron chi connectivity index (χ1n) is 7.68. The zero-order chi connectivity index (χ0) is 15.6. The van der Waals surface area contributed by atoms with Crippen LogP contribution >= 0.6 is 0 Å². The van der Waals surface area contributed by atoms with Crippen LogP contribution in [-0.2, 0) is 12.5 Å². The van der Waals surface area contributed by atoms with Crippen LogP contribution in [0.2, 0.25) is 0 Å². The number of rotatable bonds is 4. The molecule has 1 aromatic carbocycles. The predicted octanol–water partition coefficient (Wildman–Crippen LogP) is 4.06. The molecule has 0 aliphatic rings. The van der Waals surface area contributed by atoms with Crippen LogP contribution in [0.15, 0.2) is 30.5 Å². The topological polar surface area (TPSA) is 29.9 Å².